The van der Waals surface area contributed by atoms with E-state index in [1.54, 1.807) is 48.2 Å². The van der Waals surface area contributed by atoms with Crippen molar-refractivity contribution in [3.8, 4) is 28.7 Å². The van der Waals surface area contributed by atoms with Gasteiger partial charge in [0.05, 0.1) is 44.9 Å². The van der Waals surface area contributed by atoms with Gasteiger partial charge in [0.2, 0.25) is 10.0 Å². The third-order valence-electron chi connectivity index (χ3n) is 6.80. The molecule has 0 heterocycles. The van der Waals surface area contributed by atoms with Gasteiger partial charge in [-0.25, -0.2) is 8.42 Å². The van der Waals surface area contributed by atoms with Crippen LogP contribution in [0.15, 0.2) is 94.7 Å². The summed E-state index contributed by atoms with van der Waals surface area (Å²) in [6, 6.07) is 23.5. The Morgan fingerprint density at radius 3 is 1.82 bits per heavy atom. The lowest BCUT2D eigenvalue weighted by atomic mass is 10.1. The Hall–Kier alpha value is -4.46. The minimum absolute atomic E-state index is 0.0205. The summed E-state index contributed by atoms with van der Waals surface area (Å²) in [7, 11) is 1.67. The van der Waals surface area contributed by atoms with Crippen LogP contribution < -0.4 is 23.7 Å². The minimum atomic E-state index is -4.32. The molecule has 0 unspecified atom stereocenters. The van der Waals surface area contributed by atoms with Crippen LogP contribution in [0.5, 0.6) is 28.7 Å². The second kappa shape index (κ2) is 15.5. The summed E-state index contributed by atoms with van der Waals surface area (Å²) in [5.41, 5.74) is 0.657. The van der Waals surface area contributed by atoms with E-state index in [0.29, 0.717) is 39.9 Å². The maximum absolute atomic E-state index is 14.2. The van der Waals surface area contributed by atoms with Gasteiger partial charge in [-0.1, -0.05) is 30.3 Å². The highest BCUT2D eigenvalue weighted by Gasteiger charge is 2.30. The van der Waals surface area contributed by atoms with Gasteiger partial charge >= 0.3 is 5.69 Å². The molecule has 45 heavy (non-hydrogen) atoms. The van der Waals surface area contributed by atoms with Crippen molar-refractivity contribution in [2.75, 3.05) is 40.8 Å². The molecule has 0 atom stereocenters. The van der Waals surface area contributed by atoms with Crippen molar-refractivity contribution in [3.05, 3.63) is 106 Å². The molecule has 0 bridgehead atoms. The van der Waals surface area contributed by atoms with Crippen LogP contribution in [0, 0.1) is 10.1 Å². The van der Waals surface area contributed by atoms with E-state index in [9.17, 15) is 18.5 Å². The number of hydrogen-bond acceptors (Lipinski definition) is 10. The molecule has 4 aromatic carbocycles. The molecule has 238 valence electrons. The van der Waals surface area contributed by atoms with E-state index in [1.165, 1.54) is 44.9 Å². The third-order valence-corrected chi connectivity index (χ3v) is 9.56. The largest absolute Gasteiger partial charge is 0.497 e. The summed E-state index contributed by atoms with van der Waals surface area (Å²) < 4.78 is 57.0. The Balaban J connectivity index is 1.67. The fourth-order valence-electron chi connectivity index (χ4n) is 4.47. The highest BCUT2D eigenvalue weighted by Crippen LogP contribution is 2.35. The summed E-state index contributed by atoms with van der Waals surface area (Å²) in [5.74, 6) is 2.43. The first kappa shape index (κ1) is 33.4. The highest BCUT2D eigenvalue weighted by atomic mass is 32.2. The predicted octanol–water partition coefficient (Wildman–Crippen LogP) is 6.19. The zero-order valence-electron chi connectivity index (χ0n) is 25.3. The number of thioether (sulfide) groups is 1. The first-order chi connectivity index (χ1) is 21.7. The van der Waals surface area contributed by atoms with E-state index in [4.69, 9.17) is 23.7 Å². The Morgan fingerprint density at radius 1 is 0.733 bits per heavy atom. The van der Waals surface area contributed by atoms with Gasteiger partial charge in [0.25, 0.3) is 0 Å². The van der Waals surface area contributed by atoms with E-state index < -0.39 is 20.6 Å². The Labute approximate surface area is 266 Å². The summed E-state index contributed by atoms with van der Waals surface area (Å²) in [6.45, 7) is -0.0476. The van der Waals surface area contributed by atoms with Crippen molar-refractivity contribution >= 4 is 27.5 Å². The standard InChI is InChI=1S/C32H34N2O9S2/c1-39-25-12-10-23(31(18-25)41-3)21-33(22-24-11-13-26(40-2)19-32(24)42-4)45(37,38)28-14-15-30(29(20-28)34(35)36)43-16-17-44-27-8-6-5-7-9-27/h5-15,18-20H,16-17,21-22H2,1-4H3. The number of benzene rings is 4. The van der Waals surface area contributed by atoms with Crippen LogP contribution >= 0.6 is 11.8 Å². The molecule has 0 N–H and O–H groups in total. The summed E-state index contributed by atoms with van der Waals surface area (Å²) in [6.07, 6.45) is 0. The van der Waals surface area contributed by atoms with Crippen LogP contribution in [0.2, 0.25) is 0 Å². The second-order valence-electron chi connectivity index (χ2n) is 9.53. The molecule has 0 spiro atoms. The van der Waals surface area contributed by atoms with E-state index in [1.807, 2.05) is 30.3 Å². The van der Waals surface area contributed by atoms with Gasteiger partial charge in [0.1, 0.15) is 23.0 Å². The number of hydrogen-bond donors (Lipinski definition) is 0. The average molecular weight is 655 g/mol. The normalized spacial score (nSPS) is 11.2. The zero-order chi connectivity index (χ0) is 32.4. The van der Waals surface area contributed by atoms with Crippen LogP contribution in [0.4, 0.5) is 5.69 Å². The lowest BCUT2D eigenvalue weighted by molar-refractivity contribution is -0.386. The molecule has 0 aromatic heterocycles. The van der Waals surface area contributed by atoms with Crippen molar-refractivity contribution in [2.24, 2.45) is 0 Å². The second-order valence-corrected chi connectivity index (χ2v) is 12.6. The molecule has 4 aromatic rings. The van der Waals surface area contributed by atoms with E-state index in [0.717, 1.165) is 11.0 Å². The average Bonchev–Trinajstić information content (AvgIpc) is 3.06. The number of rotatable bonds is 16. The zero-order valence-corrected chi connectivity index (χ0v) is 26.9. The topological polar surface area (TPSA) is 127 Å². The maximum atomic E-state index is 14.2. The molecule has 0 amide bonds. The molecule has 13 heteroatoms. The molecule has 0 aliphatic heterocycles. The van der Waals surface area contributed by atoms with Crippen molar-refractivity contribution in [2.45, 2.75) is 22.9 Å². The smallest absolute Gasteiger partial charge is 0.312 e. The van der Waals surface area contributed by atoms with Gasteiger partial charge < -0.3 is 23.7 Å². The van der Waals surface area contributed by atoms with Crippen LogP contribution in [-0.2, 0) is 23.1 Å². The first-order valence-corrected chi connectivity index (χ1v) is 16.1. The molecule has 0 saturated heterocycles. The Morgan fingerprint density at radius 2 is 1.31 bits per heavy atom. The van der Waals surface area contributed by atoms with Crippen LogP contribution in [0.3, 0.4) is 0 Å². The molecule has 0 saturated carbocycles. The monoisotopic (exact) mass is 654 g/mol. The van der Waals surface area contributed by atoms with Gasteiger partial charge in [0.15, 0.2) is 5.75 Å². The van der Waals surface area contributed by atoms with Crippen molar-refractivity contribution in [1.82, 2.24) is 4.31 Å². The van der Waals surface area contributed by atoms with Crippen LogP contribution in [-0.4, -0.2) is 58.4 Å². The van der Waals surface area contributed by atoms with Gasteiger partial charge in [-0.05, 0) is 36.4 Å². The Bertz CT molecular complexity index is 1660. The molecule has 0 aliphatic carbocycles. The third kappa shape index (κ3) is 8.38. The van der Waals surface area contributed by atoms with Crippen molar-refractivity contribution in [1.29, 1.82) is 0 Å². The summed E-state index contributed by atoms with van der Waals surface area (Å²) in [5, 5.41) is 12.0. The van der Waals surface area contributed by atoms with Gasteiger partial charge in [-0.2, -0.15) is 4.31 Å². The molecular weight excluding hydrogens is 620 g/mol. The van der Waals surface area contributed by atoms with Gasteiger partial charge in [-0.15, -0.1) is 11.8 Å². The molecule has 0 aliphatic rings. The lowest BCUT2D eigenvalue weighted by Gasteiger charge is -2.24. The fraction of sp³-hybridized carbons (Fsp3) is 0.250. The van der Waals surface area contributed by atoms with Crippen LogP contribution in [0.25, 0.3) is 0 Å². The number of methoxy groups -OCH3 is 4. The number of nitro groups is 1. The molecule has 11 nitrogen and oxygen atoms in total. The van der Waals surface area contributed by atoms with E-state index in [-0.39, 0.29) is 30.3 Å². The number of nitrogens with zero attached hydrogens (tertiary/aromatic N) is 2. The van der Waals surface area contributed by atoms with E-state index in [2.05, 4.69) is 0 Å². The number of sulfonamides is 1. The van der Waals surface area contributed by atoms with Crippen molar-refractivity contribution < 1.29 is 37.0 Å². The molecule has 0 radical (unpaired) electrons. The highest BCUT2D eigenvalue weighted by molar-refractivity contribution is 7.99. The predicted molar refractivity (Wildman–Crippen MR) is 171 cm³/mol. The van der Waals surface area contributed by atoms with Gasteiger partial charge in [-0.3, -0.25) is 10.1 Å². The van der Waals surface area contributed by atoms with Crippen molar-refractivity contribution in [3.63, 3.8) is 0 Å². The molecule has 0 fully saturated rings. The first-order valence-electron chi connectivity index (χ1n) is 13.7. The fourth-order valence-corrected chi connectivity index (χ4v) is 6.64. The molecular formula is C32H34N2O9S2. The SMILES string of the molecule is COc1ccc(CN(Cc2ccc(OC)cc2OC)S(=O)(=O)c2ccc(OCCSc3ccccc3)c([N+](=O)[O-])c2)c(OC)c1. The lowest BCUT2D eigenvalue weighted by Crippen LogP contribution is -2.30. The molecule has 4 rings (SSSR count). The maximum Gasteiger partial charge on any atom is 0.312 e. The summed E-state index contributed by atoms with van der Waals surface area (Å²) in [4.78, 5) is 12.2. The number of ether oxygens (including phenoxy) is 5. The number of nitro benzene ring substituents is 1. The Kier molecular flexibility index (Phi) is 11.5. The minimum Gasteiger partial charge on any atom is -0.497 e. The van der Waals surface area contributed by atoms with Crippen LogP contribution in [0.1, 0.15) is 11.1 Å². The van der Waals surface area contributed by atoms with Gasteiger partial charge in [0, 0.05) is 53.1 Å². The summed E-state index contributed by atoms with van der Waals surface area (Å²) >= 11 is 1.54. The quantitative estimate of drug-likeness (QED) is 0.0597. The van der Waals surface area contributed by atoms with E-state index >= 15 is 0 Å².